The van der Waals surface area contributed by atoms with Gasteiger partial charge in [0.25, 0.3) is 5.91 Å². The van der Waals surface area contributed by atoms with Gasteiger partial charge in [0, 0.05) is 5.69 Å². The number of thiophene rings is 1. The first-order valence-electron chi connectivity index (χ1n) is 5.72. The minimum absolute atomic E-state index is 0.287. The van der Waals surface area contributed by atoms with Gasteiger partial charge in [-0.05, 0) is 30.5 Å². The molecule has 0 aliphatic rings. The molecule has 2 aromatic rings. The second-order valence-electron chi connectivity index (χ2n) is 3.97. The Kier molecular flexibility index (Phi) is 4.30. The summed E-state index contributed by atoms with van der Waals surface area (Å²) in [7, 11) is 0. The van der Waals surface area contributed by atoms with Gasteiger partial charge in [-0.2, -0.15) is 0 Å². The largest absolute Gasteiger partial charge is 0.451 e. The van der Waals surface area contributed by atoms with E-state index in [9.17, 15) is 9.59 Å². The van der Waals surface area contributed by atoms with Gasteiger partial charge in [-0.1, -0.05) is 23.8 Å². The maximum Gasteiger partial charge on any atom is 0.348 e. The van der Waals surface area contributed by atoms with Crippen molar-refractivity contribution in [1.82, 2.24) is 0 Å². The summed E-state index contributed by atoms with van der Waals surface area (Å²) in [4.78, 5) is 23.6. The van der Waals surface area contributed by atoms with Gasteiger partial charge in [0.1, 0.15) is 4.88 Å². The molecule has 0 bridgehead atoms. The van der Waals surface area contributed by atoms with Gasteiger partial charge >= 0.3 is 5.97 Å². The Morgan fingerprint density at radius 2 is 1.95 bits per heavy atom. The van der Waals surface area contributed by atoms with Crippen LogP contribution in [0.2, 0.25) is 0 Å². The van der Waals surface area contributed by atoms with Crippen LogP contribution in [0.4, 0.5) is 5.69 Å². The zero-order chi connectivity index (χ0) is 13.7. The van der Waals surface area contributed by atoms with Crippen molar-refractivity contribution in [2.45, 2.75) is 6.92 Å². The third-order valence-electron chi connectivity index (χ3n) is 2.39. The fraction of sp³-hybridized carbons (Fsp3) is 0.143. The maximum atomic E-state index is 11.6. The van der Waals surface area contributed by atoms with Crippen LogP contribution in [0.1, 0.15) is 15.2 Å². The summed E-state index contributed by atoms with van der Waals surface area (Å²) in [5, 5.41) is 4.44. The number of carbonyl (C=O) groups is 2. The van der Waals surface area contributed by atoms with E-state index in [-0.39, 0.29) is 12.5 Å². The van der Waals surface area contributed by atoms with Crippen LogP contribution in [0.15, 0.2) is 41.8 Å². The van der Waals surface area contributed by atoms with Crippen LogP contribution in [-0.2, 0) is 9.53 Å². The molecule has 0 spiro atoms. The van der Waals surface area contributed by atoms with Crippen molar-refractivity contribution in [3.05, 3.63) is 52.2 Å². The Morgan fingerprint density at radius 1 is 1.21 bits per heavy atom. The normalized spacial score (nSPS) is 9.95. The van der Waals surface area contributed by atoms with Crippen molar-refractivity contribution >= 4 is 28.9 Å². The first-order chi connectivity index (χ1) is 9.15. The number of carbonyl (C=O) groups excluding carboxylic acids is 2. The zero-order valence-electron chi connectivity index (χ0n) is 10.4. The molecule has 0 unspecified atom stereocenters. The van der Waals surface area contributed by atoms with E-state index in [2.05, 4.69) is 5.32 Å². The lowest BCUT2D eigenvalue weighted by atomic mass is 10.2. The summed E-state index contributed by atoms with van der Waals surface area (Å²) in [5.74, 6) is -0.831. The van der Waals surface area contributed by atoms with Crippen molar-refractivity contribution in [1.29, 1.82) is 0 Å². The Labute approximate surface area is 115 Å². The first kappa shape index (κ1) is 13.3. The molecule has 0 aliphatic heterocycles. The number of rotatable bonds is 4. The molecule has 1 N–H and O–H groups in total. The summed E-state index contributed by atoms with van der Waals surface area (Å²) in [6.45, 7) is 1.68. The summed E-state index contributed by atoms with van der Waals surface area (Å²) in [5.41, 5.74) is 1.80. The van der Waals surface area contributed by atoms with E-state index in [1.54, 1.807) is 29.6 Å². The molecule has 2 rings (SSSR count). The standard InChI is InChI=1S/C14H13NO3S/c1-10-4-6-11(7-5-10)15-13(16)9-18-14(17)12-3-2-8-19-12/h2-8H,9H2,1H3,(H,15,16). The number of amides is 1. The van der Waals surface area contributed by atoms with Gasteiger partial charge in [0.15, 0.2) is 6.61 Å². The van der Waals surface area contributed by atoms with Crippen LogP contribution in [-0.4, -0.2) is 18.5 Å². The van der Waals surface area contributed by atoms with Crippen molar-refractivity contribution in [3.8, 4) is 0 Å². The number of anilines is 1. The summed E-state index contributed by atoms with van der Waals surface area (Å²) in [6.07, 6.45) is 0. The lowest BCUT2D eigenvalue weighted by Crippen LogP contribution is -2.20. The van der Waals surface area contributed by atoms with Crippen LogP contribution in [0.25, 0.3) is 0 Å². The quantitative estimate of drug-likeness (QED) is 0.873. The van der Waals surface area contributed by atoms with E-state index in [1.807, 2.05) is 19.1 Å². The molecule has 0 saturated heterocycles. The summed E-state index contributed by atoms with van der Waals surface area (Å²) in [6, 6.07) is 10.8. The third-order valence-corrected chi connectivity index (χ3v) is 3.24. The molecule has 0 atom stereocenters. The van der Waals surface area contributed by atoms with E-state index in [4.69, 9.17) is 4.74 Å². The molecule has 1 aromatic heterocycles. The molecule has 19 heavy (non-hydrogen) atoms. The van der Waals surface area contributed by atoms with E-state index < -0.39 is 5.97 Å². The van der Waals surface area contributed by atoms with Crippen molar-refractivity contribution < 1.29 is 14.3 Å². The highest BCUT2D eigenvalue weighted by molar-refractivity contribution is 7.11. The molecule has 1 amide bonds. The second kappa shape index (κ2) is 6.15. The molecular weight excluding hydrogens is 262 g/mol. The molecule has 0 aliphatic carbocycles. The van der Waals surface area contributed by atoms with Crippen LogP contribution in [0.3, 0.4) is 0 Å². The minimum atomic E-state index is -0.478. The fourth-order valence-corrected chi connectivity index (χ4v) is 2.05. The van der Waals surface area contributed by atoms with Crippen molar-refractivity contribution in [2.24, 2.45) is 0 Å². The Balaban J connectivity index is 1.82. The van der Waals surface area contributed by atoms with Gasteiger partial charge < -0.3 is 10.1 Å². The van der Waals surface area contributed by atoms with Crippen LogP contribution in [0.5, 0.6) is 0 Å². The van der Waals surface area contributed by atoms with Gasteiger partial charge in [-0.3, -0.25) is 4.79 Å². The van der Waals surface area contributed by atoms with Crippen LogP contribution >= 0.6 is 11.3 Å². The van der Waals surface area contributed by atoms with Crippen LogP contribution in [0, 0.1) is 6.92 Å². The second-order valence-corrected chi connectivity index (χ2v) is 4.92. The summed E-state index contributed by atoms with van der Waals surface area (Å²) < 4.78 is 4.90. The Bertz CT molecular complexity index is 561. The zero-order valence-corrected chi connectivity index (χ0v) is 11.2. The van der Waals surface area contributed by atoms with Gasteiger partial charge in [0.2, 0.25) is 0 Å². The monoisotopic (exact) mass is 275 g/mol. The molecule has 0 radical (unpaired) electrons. The number of esters is 1. The lowest BCUT2D eigenvalue weighted by Gasteiger charge is -2.06. The van der Waals surface area contributed by atoms with Crippen LogP contribution < -0.4 is 5.32 Å². The number of hydrogen-bond donors (Lipinski definition) is 1. The van der Waals surface area contributed by atoms with Crippen molar-refractivity contribution in [2.75, 3.05) is 11.9 Å². The maximum absolute atomic E-state index is 11.6. The Hall–Kier alpha value is -2.14. The fourth-order valence-electron chi connectivity index (χ4n) is 1.43. The molecule has 98 valence electrons. The topological polar surface area (TPSA) is 55.4 Å². The molecular formula is C14H13NO3S. The van der Waals surface area contributed by atoms with Gasteiger partial charge in [-0.15, -0.1) is 11.3 Å². The molecule has 5 heteroatoms. The molecule has 4 nitrogen and oxygen atoms in total. The number of benzene rings is 1. The average molecular weight is 275 g/mol. The summed E-state index contributed by atoms with van der Waals surface area (Å²) >= 11 is 1.28. The van der Waals surface area contributed by atoms with E-state index in [0.717, 1.165) is 5.56 Å². The predicted octanol–water partition coefficient (Wildman–Crippen LogP) is 2.85. The number of aryl methyl sites for hydroxylation is 1. The number of ether oxygens (including phenoxy) is 1. The smallest absolute Gasteiger partial charge is 0.348 e. The highest BCUT2D eigenvalue weighted by Crippen LogP contribution is 2.11. The minimum Gasteiger partial charge on any atom is -0.451 e. The lowest BCUT2D eigenvalue weighted by molar-refractivity contribution is -0.119. The van der Waals surface area contributed by atoms with E-state index >= 15 is 0 Å². The molecule has 0 fully saturated rings. The first-order valence-corrected chi connectivity index (χ1v) is 6.60. The third kappa shape index (κ3) is 3.93. The van der Waals surface area contributed by atoms with Gasteiger partial charge in [0.05, 0.1) is 0 Å². The van der Waals surface area contributed by atoms with Gasteiger partial charge in [-0.25, -0.2) is 4.79 Å². The predicted molar refractivity (Wildman–Crippen MR) is 74.4 cm³/mol. The van der Waals surface area contributed by atoms with E-state index in [0.29, 0.717) is 10.6 Å². The van der Waals surface area contributed by atoms with E-state index in [1.165, 1.54) is 11.3 Å². The average Bonchev–Trinajstić information content (AvgIpc) is 2.93. The number of hydrogen-bond acceptors (Lipinski definition) is 4. The Morgan fingerprint density at radius 3 is 2.58 bits per heavy atom. The highest BCUT2D eigenvalue weighted by atomic mass is 32.1. The SMILES string of the molecule is Cc1ccc(NC(=O)COC(=O)c2cccs2)cc1. The molecule has 0 saturated carbocycles. The molecule has 1 heterocycles. The highest BCUT2D eigenvalue weighted by Gasteiger charge is 2.10. The number of nitrogens with one attached hydrogen (secondary N) is 1. The van der Waals surface area contributed by atoms with Crippen molar-refractivity contribution in [3.63, 3.8) is 0 Å². The molecule has 1 aromatic carbocycles.